The molecule has 172 valence electrons. The molecule has 0 bridgehead atoms. The Morgan fingerprint density at radius 2 is 1.59 bits per heavy atom. The standard InChI is InChI=1S/C27H23FN2O4/c1-32-25-15-21-6-4-3-5-20(21)14-23(25)27(31)30-29-16-19-9-12-24(26(13-19)33-2)34-17-18-7-10-22(28)11-8-18/h3-16H,17H2,1-2H3,(H,30,31). The van der Waals surface area contributed by atoms with Crippen LogP contribution in [0, 0.1) is 5.82 Å². The highest BCUT2D eigenvalue weighted by Crippen LogP contribution is 2.29. The van der Waals surface area contributed by atoms with Crippen LogP contribution in [-0.4, -0.2) is 26.3 Å². The Morgan fingerprint density at radius 3 is 2.29 bits per heavy atom. The van der Waals surface area contributed by atoms with Gasteiger partial charge < -0.3 is 14.2 Å². The number of carbonyl (C=O) groups is 1. The van der Waals surface area contributed by atoms with E-state index in [-0.39, 0.29) is 18.3 Å². The van der Waals surface area contributed by atoms with Gasteiger partial charge in [0.25, 0.3) is 5.91 Å². The zero-order valence-electron chi connectivity index (χ0n) is 18.7. The second-order valence-electron chi connectivity index (χ2n) is 7.42. The molecule has 7 heteroatoms. The van der Waals surface area contributed by atoms with E-state index >= 15 is 0 Å². The maximum atomic E-state index is 13.1. The minimum atomic E-state index is -0.384. The third-order valence-corrected chi connectivity index (χ3v) is 5.19. The summed E-state index contributed by atoms with van der Waals surface area (Å²) in [6.45, 7) is 0.272. The maximum absolute atomic E-state index is 13.1. The summed E-state index contributed by atoms with van der Waals surface area (Å²) in [5.41, 5.74) is 4.47. The van der Waals surface area contributed by atoms with Gasteiger partial charge in [-0.2, -0.15) is 5.10 Å². The van der Waals surface area contributed by atoms with Crippen molar-refractivity contribution in [2.24, 2.45) is 5.10 Å². The fourth-order valence-electron chi connectivity index (χ4n) is 3.42. The van der Waals surface area contributed by atoms with Crippen molar-refractivity contribution in [2.75, 3.05) is 14.2 Å². The van der Waals surface area contributed by atoms with Crippen molar-refractivity contribution >= 4 is 22.9 Å². The SMILES string of the molecule is COc1cc(C=NNC(=O)c2cc3ccccc3cc2OC)ccc1OCc1ccc(F)cc1. The number of halogens is 1. The molecule has 0 aliphatic carbocycles. The summed E-state index contributed by atoms with van der Waals surface area (Å²) < 4.78 is 29.6. The van der Waals surface area contributed by atoms with Gasteiger partial charge in [-0.25, -0.2) is 9.82 Å². The number of carbonyl (C=O) groups excluding carboxylic acids is 1. The molecule has 0 aliphatic heterocycles. The van der Waals surface area contributed by atoms with Crippen LogP contribution in [0.1, 0.15) is 21.5 Å². The Morgan fingerprint density at radius 1 is 0.882 bits per heavy atom. The lowest BCUT2D eigenvalue weighted by molar-refractivity contribution is 0.0952. The van der Waals surface area contributed by atoms with E-state index < -0.39 is 0 Å². The van der Waals surface area contributed by atoms with Gasteiger partial charge in [0.15, 0.2) is 11.5 Å². The molecule has 0 aliphatic rings. The minimum Gasteiger partial charge on any atom is -0.496 e. The zero-order valence-corrected chi connectivity index (χ0v) is 18.7. The van der Waals surface area contributed by atoms with Crippen LogP contribution in [0.15, 0.2) is 84.0 Å². The molecule has 4 rings (SSSR count). The van der Waals surface area contributed by atoms with Crippen LogP contribution in [0.25, 0.3) is 10.8 Å². The van der Waals surface area contributed by atoms with Gasteiger partial charge in [-0.3, -0.25) is 4.79 Å². The first-order chi connectivity index (χ1) is 16.6. The highest BCUT2D eigenvalue weighted by atomic mass is 19.1. The predicted molar refractivity (Wildman–Crippen MR) is 129 cm³/mol. The zero-order chi connectivity index (χ0) is 23.9. The molecule has 1 amide bonds. The molecule has 1 N–H and O–H groups in total. The third kappa shape index (κ3) is 5.32. The summed E-state index contributed by atoms with van der Waals surface area (Å²) in [4.78, 5) is 12.7. The maximum Gasteiger partial charge on any atom is 0.275 e. The number of nitrogens with zero attached hydrogens (tertiary/aromatic N) is 1. The topological polar surface area (TPSA) is 69.2 Å². The van der Waals surface area contributed by atoms with Crippen molar-refractivity contribution < 1.29 is 23.4 Å². The summed E-state index contributed by atoms with van der Waals surface area (Å²) >= 11 is 0. The molecule has 0 spiro atoms. The van der Waals surface area contributed by atoms with Crippen molar-refractivity contribution in [3.8, 4) is 17.2 Å². The van der Waals surface area contributed by atoms with Crippen molar-refractivity contribution in [2.45, 2.75) is 6.61 Å². The molecule has 0 radical (unpaired) electrons. The lowest BCUT2D eigenvalue weighted by Crippen LogP contribution is -2.18. The number of hydrogen-bond acceptors (Lipinski definition) is 5. The van der Waals surface area contributed by atoms with E-state index in [0.717, 1.165) is 16.3 Å². The Bertz CT molecular complexity index is 1340. The van der Waals surface area contributed by atoms with Crippen LogP contribution >= 0.6 is 0 Å². The molecule has 0 saturated carbocycles. The summed E-state index contributed by atoms with van der Waals surface area (Å²) in [5, 5.41) is 5.98. The Kier molecular flexibility index (Phi) is 7.03. The van der Waals surface area contributed by atoms with Gasteiger partial charge in [-0.15, -0.1) is 0 Å². The van der Waals surface area contributed by atoms with Crippen LogP contribution in [0.4, 0.5) is 4.39 Å². The first-order valence-corrected chi connectivity index (χ1v) is 10.5. The number of rotatable bonds is 8. The lowest BCUT2D eigenvalue weighted by Gasteiger charge is -2.11. The molecular formula is C27H23FN2O4. The summed E-state index contributed by atoms with van der Waals surface area (Å²) in [5.74, 6) is 0.833. The van der Waals surface area contributed by atoms with Gasteiger partial charge >= 0.3 is 0 Å². The fraction of sp³-hybridized carbons (Fsp3) is 0.111. The normalized spacial score (nSPS) is 10.9. The van der Waals surface area contributed by atoms with Crippen molar-refractivity contribution in [3.05, 3.63) is 101 Å². The predicted octanol–water partition coefficient (Wildman–Crippen LogP) is 5.34. The largest absolute Gasteiger partial charge is 0.496 e. The van der Waals surface area contributed by atoms with Crippen LogP contribution in [0.3, 0.4) is 0 Å². The Hall–Kier alpha value is -4.39. The first-order valence-electron chi connectivity index (χ1n) is 10.5. The van der Waals surface area contributed by atoms with E-state index in [1.807, 2.05) is 30.3 Å². The molecule has 0 aromatic heterocycles. The molecule has 34 heavy (non-hydrogen) atoms. The van der Waals surface area contributed by atoms with Crippen LogP contribution in [0.5, 0.6) is 17.2 Å². The van der Waals surface area contributed by atoms with E-state index in [9.17, 15) is 9.18 Å². The molecule has 0 atom stereocenters. The van der Waals surface area contributed by atoms with Gasteiger partial charge in [-0.1, -0.05) is 36.4 Å². The lowest BCUT2D eigenvalue weighted by atomic mass is 10.1. The molecule has 0 unspecified atom stereocenters. The van der Waals surface area contributed by atoms with Gasteiger partial charge in [0.2, 0.25) is 0 Å². The number of methoxy groups -OCH3 is 2. The average molecular weight is 458 g/mol. The third-order valence-electron chi connectivity index (χ3n) is 5.19. The molecule has 0 fully saturated rings. The van der Waals surface area contributed by atoms with Crippen LogP contribution < -0.4 is 19.6 Å². The van der Waals surface area contributed by atoms with Gasteiger partial charge in [0.1, 0.15) is 18.2 Å². The average Bonchev–Trinajstić information content (AvgIpc) is 2.87. The number of hydrogen-bond donors (Lipinski definition) is 1. The highest BCUT2D eigenvalue weighted by molar-refractivity contribution is 6.02. The number of amides is 1. The second kappa shape index (κ2) is 10.5. The van der Waals surface area contributed by atoms with Crippen LogP contribution in [-0.2, 0) is 6.61 Å². The van der Waals surface area contributed by atoms with Crippen molar-refractivity contribution in [1.29, 1.82) is 0 Å². The number of nitrogens with one attached hydrogen (secondary N) is 1. The van der Waals surface area contributed by atoms with E-state index in [1.54, 1.807) is 36.4 Å². The molecule has 4 aromatic carbocycles. The summed E-state index contributed by atoms with van der Waals surface area (Å²) in [6.07, 6.45) is 1.51. The van der Waals surface area contributed by atoms with Crippen molar-refractivity contribution in [3.63, 3.8) is 0 Å². The first kappa shape index (κ1) is 22.8. The summed E-state index contributed by atoms with van der Waals surface area (Å²) in [7, 11) is 3.06. The monoisotopic (exact) mass is 458 g/mol. The summed E-state index contributed by atoms with van der Waals surface area (Å²) in [6, 6.07) is 22.7. The van der Waals surface area contributed by atoms with Gasteiger partial charge in [-0.05, 0) is 64.4 Å². The van der Waals surface area contributed by atoms with E-state index in [2.05, 4.69) is 10.5 Å². The number of fused-ring (bicyclic) bond motifs is 1. The molecule has 0 heterocycles. The van der Waals surface area contributed by atoms with Crippen molar-refractivity contribution in [1.82, 2.24) is 5.43 Å². The molecular weight excluding hydrogens is 435 g/mol. The number of hydrazone groups is 1. The van der Waals surface area contributed by atoms with Gasteiger partial charge in [0.05, 0.1) is 26.0 Å². The minimum absolute atomic E-state index is 0.272. The Labute approximate surface area is 196 Å². The van der Waals surface area contributed by atoms with Gasteiger partial charge in [0, 0.05) is 0 Å². The number of benzene rings is 4. The fourth-order valence-corrected chi connectivity index (χ4v) is 3.42. The molecule has 0 saturated heterocycles. The number of ether oxygens (including phenoxy) is 3. The van der Waals surface area contributed by atoms with Crippen LogP contribution in [0.2, 0.25) is 0 Å². The quantitative estimate of drug-likeness (QED) is 0.286. The smallest absolute Gasteiger partial charge is 0.275 e. The van der Waals surface area contributed by atoms with E-state index in [0.29, 0.717) is 28.4 Å². The van der Waals surface area contributed by atoms with E-state index in [4.69, 9.17) is 14.2 Å². The Balaban J connectivity index is 1.43. The highest BCUT2D eigenvalue weighted by Gasteiger charge is 2.13. The second-order valence-corrected chi connectivity index (χ2v) is 7.42. The molecule has 4 aromatic rings. The van der Waals surface area contributed by atoms with E-state index in [1.165, 1.54) is 32.6 Å². The molecule has 6 nitrogen and oxygen atoms in total.